The van der Waals surface area contributed by atoms with E-state index in [0.717, 1.165) is 16.8 Å². The quantitative estimate of drug-likeness (QED) is 0.244. The van der Waals surface area contributed by atoms with Gasteiger partial charge in [0, 0.05) is 17.1 Å². The first-order valence-corrected chi connectivity index (χ1v) is 12.0. The molecule has 5 rings (SSSR count). The van der Waals surface area contributed by atoms with Gasteiger partial charge in [0.1, 0.15) is 11.3 Å². The number of nitrogens with one attached hydrogen (secondary N) is 1. The number of ether oxygens (including phenoxy) is 3. The van der Waals surface area contributed by atoms with Gasteiger partial charge in [0.05, 0.1) is 25.2 Å². The van der Waals surface area contributed by atoms with Gasteiger partial charge in [-0.2, -0.15) is 13.2 Å². The number of halogens is 3. The minimum absolute atomic E-state index is 0.0499. The monoisotopic (exact) mass is 549 g/mol. The third-order valence-electron chi connectivity index (χ3n) is 6.23. The van der Waals surface area contributed by atoms with Gasteiger partial charge in [-0.25, -0.2) is 0 Å². The summed E-state index contributed by atoms with van der Waals surface area (Å²) in [5, 5.41) is 4.46. The Kier molecular flexibility index (Phi) is 7.08. The van der Waals surface area contributed by atoms with Crippen molar-refractivity contribution in [1.82, 2.24) is 0 Å². The van der Waals surface area contributed by atoms with E-state index in [2.05, 4.69) is 5.32 Å². The van der Waals surface area contributed by atoms with Crippen molar-refractivity contribution in [2.24, 2.45) is 0 Å². The Labute approximate surface area is 225 Å². The fourth-order valence-corrected chi connectivity index (χ4v) is 4.39. The van der Waals surface area contributed by atoms with Crippen LogP contribution in [0, 0.1) is 0 Å². The molecule has 1 heterocycles. The van der Waals surface area contributed by atoms with Crippen molar-refractivity contribution in [1.29, 1.82) is 0 Å². The number of methoxy groups -OCH3 is 2. The standard InChI is InChI=1S/C30H22F3NO6/c1-37-23-13-10-18(14-25(23)38-2)27-28(36)21-12-11-19(15-24(21)40-29(27)30(31,32)33)39-16-26(35)34-22-9-5-7-17-6-3-4-8-20(17)22/h3-15H,16H2,1-2H3,(H,34,35). The molecule has 4 aromatic carbocycles. The van der Waals surface area contributed by atoms with Crippen LogP contribution in [0.4, 0.5) is 18.9 Å². The predicted octanol–water partition coefficient (Wildman–Crippen LogP) is 6.67. The molecule has 5 aromatic rings. The Balaban J connectivity index is 1.45. The Bertz CT molecular complexity index is 1790. The van der Waals surface area contributed by atoms with E-state index in [9.17, 15) is 22.8 Å². The lowest BCUT2D eigenvalue weighted by Gasteiger charge is -2.15. The van der Waals surface area contributed by atoms with Crippen LogP contribution in [0.2, 0.25) is 0 Å². The van der Waals surface area contributed by atoms with Crippen molar-refractivity contribution in [3.05, 3.63) is 94.8 Å². The van der Waals surface area contributed by atoms with Crippen LogP contribution in [-0.4, -0.2) is 26.7 Å². The van der Waals surface area contributed by atoms with Crippen LogP contribution >= 0.6 is 0 Å². The molecule has 40 heavy (non-hydrogen) atoms. The molecule has 0 bridgehead atoms. The number of benzene rings is 4. The maximum absolute atomic E-state index is 14.1. The van der Waals surface area contributed by atoms with Crippen molar-refractivity contribution < 1.29 is 36.6 Å². The molecule has 10 heteroatoms. The zero-order valence-corrected chi connectivity index (χ0v) is 21.3. The van der Waals surface area contributed by atoms with E-state index in [1.807, 2.05) is 30.3 Å². The largest absolute Gasteiger partial charge is 0.493 e. The number of rotatable bonds is 7. The molecular formula is C30H22F3NO6. The van der Waals surface area contributed by atoms with Gasteiger partial charge in [-0.15, -0.1) is 0 Å². The number of fused-ring (bicyclic) bond motifs is 2. The first-order valence-electron chi connectivity index (χ1n) is 12.0. The second-order valence-corrected chi connectivity index (χ2v) is 8.72. The van der Waals surface area contributed by atoms with Gasteiger partial charge >= 0.3 is 6.18 Å². The molecule has 0 atom stereocenters. The minimum atomic E-state index is -4.98. The lowest BCUT2D eigenvalue weighted by Crippen LogP contribution is -2.20. The molecule has 0 spiro atoms. The maximum Gasteiger partial charge on any atom is 0.450 e. The third-order valence-corrected chi connectivity index (χ3v) is 6.23. The summed E-state index contributed by atoms with van der Waals surface area (Å²) in [6, 6.07) is 20.8. The highest BCUT2D eigenvalue weighted by Gasteiger charge is 2.39. The van der Waals surface area contributed by atoms with Gasteiger partial charge in [-0.3, -0.25) is 9.59 Å². The van der Waals surface area contributed by atoms with Crippen LogP contribution in [0.15, 0.2) is 88.1 Å². The average molecular weight is 550 g/mol. The molecule has 0 unspecified atom stereocenters. The number of amides is 1. The summed E-state index contributed by atoms with van der Waals surface area (Å²) in [6.45, 7) is -0.422. The smallest absolute Gasteiger partial charge is 0.450 e. The molecule has 1 aromatic heterocycles. The summed E-state index contributed by atoms with van der Waals surface area (Å²) in [6.07, 6.45) is -4.98. The van der Waals surface area contributed by atoms with Crippen LogP contribution < -0.4 is 25.0 Å². The Morgan fingerprint density at radius 3 is 2.38 bits per heavy atom. The van der Waals surface area contributed by atoms with E-state index in [0.29, 0.717) is 5.69 Å². The first-order chi connectivity index (χ1) is 19.2. The van der Waals surface area contributed by atoms with Gasteiger partial charge in [0.25, 0.3) is 5.91 Å². The Morgan fingerprint density at radius 1 is 0.875 bits per heavy atom. The van der Waals surface area contributed by atoms with E-state index in [1.165, 1.54) is 44.6 Å². The van der Waals surface area contributed by atoms with Gasteiger partial charge < -0.3 is 23.9 Å². The van der Waals surface area contributed by atoms with Gasteiger partial charge in [-0.05, 0) is 41.3 Å². The molecule has 0 radical (unpaired) electrons. The highest BCUT2D eigenvalue weighted by molar-refractivity contribution is 6.02. The van der Waals surface area contributed by atoms with Crippen molar-refractivity contribution in [2.45, 2.75) is 6.18 Å². The van der Waals surface area contributed by atoms with Crippen LogP contribution in [0.1, 0.15) is 5.76 Å². The van der Waals surface area contributed by atoms with E-state index in [-0.39, 0.29) is 33.8 Å². The van der Waals surface area contributed by atoms with E-state index in [4.69, 9.17) is 18.6 Å². The molecule has 0 aliphatic rings. The summed E-state index contributed by atoms with van der Waals surface area (Å²) >= 11 is 0. The second kappa shape index (κ2) is 10.6. The van der Waals surface area contributed by atoms with Crippen molar-refractivity contribution in [2.75, 3.05) is 26.1 Å². The molecule has 7 nitrogen and oxygen atoms in total. The average Bonchev–Trinajstić information content (AvgIpc) is 2.95. The second-order valence-electron chi connectivity index (χ2n) is 8.72. The predicted molar refractivity (Wildman–Crippen MR) is 144 cm³/mol. The number of anilines is 1. The number of carbonyl (C=O) groups is 1. The molecule has 0 fully saturated rings. The van der Waals surface area contributed by atoms with Crippen LogP contribution in [0.25, 0.3) is 32.9 Å². The summed E-state index contributed by atoms with van der Waals surface area (Å²) < 4.78 is 63.3. The fraction of sp³-hybridized carbons (Fsp3) is 0.133. The van der Waals surface area contributed by atoms with Gasteiger partial charge in [0.15, 0.2) is 18.1 Å². The first kappa shape index (κ1) is 26.6. The zero-order valence-electron chi connectivity index (χ0n) is 21.3. The van der Waals surface area contributed by atoms with Crippen LogP contribution in [0.3, 0.4) is 0 Å². The normalized spacial score (nSPS) is 11.4. The topological polar surface area (TPSA) is 87.0 Å². The highest BCUT2D eigenvalue weighted by Crippen LogP contribution is 2.40. The summed E-state index contributed by atoms with van der Waals surface area (Å²) in [4.78, 5) is 25.9. The number of carbonyl (C=O) groups excluding carboxylic acids is 1. The highest BCUT2D eigenvalue weighted by atomic mass is 19.4. The number of alkyl halides is 3. The molecule has 0 aliphatic heterocycles. The lowest BCUT2D eigenvalue weighted by molar-refractivity contribution is -0.152. The summed E-state index contributed by atoms with van der Waals surface area (Å²) in [7, 11) is 2.72. The van der Waals surface area contributed by atoms with E-state index in [1.54, 1.807) is 12.1 Å². The molecular weight excluding hydrogens is 527 g/mol. The SMILES string of the molecule is COc1ccc(-c2c(C(F)(F)F)oc3cc(OCC(=O)Nc4cccc5ccccc45)ccc3c2=O)cc1OC. The maximum atomic E-state index is 14.1. The van der Waals surface area contributed by atoms with Crippen LogP contribution in [-0.2, 0) is 11.0 Å². The molecule has 0 aliphatic carbocycles. The van der Waals surface area contributed by atoms with Gasteiger partial charge in [0.2, 0.25) is 11.2 Å². The van der Waals surface area contributed by atoms with Crippen LogP contribution in [0.5, 0.6) is 17.2 Å². The van der Waals surface area contributed by atoms with E-state index >= 15 is 0 Å². The molecule has 1 N–H and O–H groups in total. The Morgan fingerprint density at radius 2 is 1.62 bits per heavy atom. The number of hydrogen-bond donors (Lipinski definition) is 1. The van der Waals surface area contributed by atoms with Crippen molar-refractivity contribution in [3.63, 3.8) is 0 Å². The van der Waals surface area contributed by atoms with Crippen molar-refractivity contribution in [3.8, 4) is 28.4 Å². The third kappa shape index (κ3) is 5.15. The zero-order chi connectivity index (χ0) is 28.4. The summed E-state index contributed by atoms with van der Waals surface area (Å²) in [5.74, 6) is -1.45. The molecule has 0 saturated carbocycles. The van der Waals surface area contributed by atoms with Crippen molar-refractivity contribution >= 4 is 33.3 Å². The molecule has 0 saturated heterocycles. The summed E-state index contributed by atoms with van der Waals surface area (Å²) in [5.41, 5.74) is -1.35. The molecule has 1 amide bonds. The Hall–Kier alpha value is -4.99. The fourth-order valence-electron chi connectivity index (χ4n) is 4.39. The van der Waals surface area contributed by atoms with Gasteiger partial charge in [-0.1, -0.05) is 42.5 Å². The molecule has 204 valence electrons. The van der Waals surface area contributed by atoms with E-state index < -0.39 is 35.4 Å². The lowest BCUT2D eigenvalue weighted by atomic mass is 10.0. The number of hydrogen-bond acceptors (Lipinski definition) is 6. The minimum Gasteiger partial charge on any atom is -0.493 e.